The van der Waals surface area contributed by atoms with E-state index < -0.39 is 0 Å². The highest BCUT2D eigenvalue weighted by Crippen LogP contribution is 2.37. The zero-order valence-corrected chi connectivity index (χ0v) is 16.2. The highest BCUT2D eigenvalue weighted by molar-refractivity contribution is 5.91. The van der Waals surface area contributed by atoms with Gasteiger partial charge in [-0.1, -0.05) is 0 Å². The molecule has 0 saturated carbocycles. The van der Waals surface area contributed by atoms with Crippen LogP contribution in [0.25, 0.3) is 5.95 Å². The molecule has 2 aliphatic rings. The smallest absolute Gasteiger partial charge is 0.252 e. The molecule has 0 radical (unpaired) electrons. The Morgan fingerprint density at radius 3 is 2.67 bits per heavy atom. The summed E-state index contributed by atoms with van der Waals surface area (Å²) in [4.78, 5) is 23.7. The van der Waals surface area contributed by atoms with Gasteiger partial charge in [0.15, 0.2) is 0 Å². The number of carbonyl (C=O) groups is 1. The molecule has 2 aromatic rings. The summed E-state index contributed by atoms with van der Waals surface area (Å²) in [5.41, 5.74) is 2.79. The number of anilines is 1. The summed E-state index contributed by atoms with van der Waals surface area (Å²) in [6.45, 7) is 9.63. The van der Waals surface area contributed by atoms with Gasteiger partial charge >= 0.3 is 0 Å². The van der Waals surface area contributed by atoms with Gasteiger partial charge in [-0.05, 0) is 46.2 Å². The Morgan fingerprint density at radius 2 is 1.96 bits per heavy atom. The molecule has 8 nitrogen and oxygen atoms in total. The van der Waals surface area contributed by atoms with Crippen molar-refractivity contribution in [3.63, 3.8) is 0 Å². The first-order valence-electron chi connectivity index (χ1n) is 9.42. The van der Waals surface area contributed by atoms with Gasteiger partial charge in [-0.15, -0.1) is 0 Å². The fourth-order valence-electron chi connectivity index (χ4n) is 4.06. The topological polar surface area (TPSA) is 85.2 Å². The highest BCUT2D eigenvalue weighted by Gasteiger charge is 2.41. The average Bonchev–Trinajstić information content (AvgIpc) is 3.29. The third-order valence-electron chi connectivity index (χ3n) is 5.33. The minimum Gasteiger partial charge on any atom is -0.381 e. The van der Waals surface area contributed by atoms with E-state index in [2.05, 4.69) is 25.3 Å². The summed E-state index contributed by atoms with van der Waals surface area (Å²) in [5, 5.41) is 7.44. The molecule has 4 rings (SSSR count). The Labute approximate surface area is 158 Å². The van der Waals surface area contributed by atoms with Gasteiger partial charge in [0, 0.05) is 36.0 Å². The van der Waals surface area contributed by atoms with Crippen LogP contribution in [0, 0.1) is 26.2 Å². The number of likely N-dealkylation sites (tertiary alicyclic amines) is 1. The second kappa shape index (κ2) is 7.01. The number of nitrogens with zero attached hydrogens (tertiary/aromatic N) is 5. The summed E-state index contributed by atoms with van der Waals surface area (Å²) in [7, 11) is 0. The van der Waals surface area contributed by atoms with Crippen molar-refractivity contribution < 1.29 is 9.53 Å². The molecule has 1 N–H and O–H groups in total. The monoisotopic (exact) mass is 370 g/mol. The molecular weight excluding hydrogens is 344 g/mol. The molecule has 1 atom stereocenters. The third-order valence-corrected chi connectivity index (χ3v) is 5.33. The Morgan fingerprint density at radius 1 is 1.19 bits per heavy atom. The Kier molecular flexibility index (Phi) is 4.69. The van der Waals surface area contributed by atoms with Crippen molar-refractivity contribution in [2.75, 3.05) is 38.2 Å². The van der Waals surface area contributed by atoms with E-state index in [0.717, 1.165) is 56.2 Å². The molecule has 27 heavy (non-hydrogen) atoms. The first-order valence-corrected chi connectivity index (χ1v) is 9.42. The van der Waals surface area contributed by atoms with Crippen LogP contribution in [0.3, 0.4) is 0 Å². The van der Waals surface area contributed by atoms with Gasteiger partial charge in [-0.25, -0.2) is 9.97 Å². The number of carbonyl (C=O) groups excluding carboxylic acids is 1. The maximum atomic E-state index is 12.6. The van der Waals surface area contributed by atoms with Crippen molar-refractivity contribution in [2.24, 2.45) is 5.41 Å². The van der Waals surface area contributed by atoms with Gasteiger partial charge in [-0.3, -0.25) is 9.69 Å². The average molecular weight is 370 g/mol. The number of rotatable bonds is 4. The number of ether oxygens (including phenoxy) is 1. The molecule has 1 unspecified atom stereocenters. The molecule has 1 amide bonds. The molecule has 0 aliphatic carbocycles. The van der Waals surface area contributed by atoms with Crippen LogP contribution in [0.15, 0.2) is 12.1 Å². The number of amides is 1. The Hall–Kier alpha value is -2.32. The lowest BCUT2D eigenvalue weighted by Gasteiger charge is -2.21. The minimum absolute atomic E-state index is 0.0449. The van der Waals surface area contributed by atoms with Crippen molar-refractivity contribution in [2.45, 2.75) is 33.6 Å². The van der Waals surface area contributed by atoms with Gasteiger partial charge in [0.25, 0.3) is 5.95 Å². The predicted molar refractivity (Wildman–Crippen MR) is 101 cm³/mol. The third kappa shape index (κ3) is 3.86. The number of aromatic nitrogens is 4. The maximum absolute atomic E-state index is 12.6. The fraction of sp³-hybridized carbons (Fsp3) is 0.579. The molecule has 2 aromatic heterocycles. The SMILES string of the molecule is Cc1cc(C)nc(-n2nc(C)cc2NC(=O)CN2CCC3(CCOC3)C2)n1. The molecule has 1 spiro atoms. The maximum Gasteiger partial charge on any atom is 0.252 e. The molecule has 8 heteroatoms. The normalized spacial score (nSPS) is 22.6. The van der Waals surface area contributed by atoms with E-state index in [4.69, 9.17) is 4.74 Å². The molecule has 4 heterocycles. The van der Waals surface area contributed by atoms with Crippen LogP contribution in [0.4, 0.5) is 5.82 Å². The van der Waals surface area contributed by atoms with Gasteiger partial charge in [0.2, 0.25) is 5.91 Å². The van der Waals surface area contributed by atoms with E-state index in [1.807, 2.05) is 32.9 Å². The van der Waals surface area contributed by atoms with E-state index in [1.165, 1.54) is 0 Å². The Bertz CT molecular complexity index is 836. The van der Waals surface area contributed by atoms with E-state index in [0.29, 0.717) is 18.3 Å². The number of hydrogen-bond donors (Lipinski definition) is 1. The summed E-state index contributed by atoms with van der Waals surface area (Å²) in [5.74, 6) is 1.02. The van der Waals surface area contributed by atoms with Crippen molar-refractivity contribution in [3.05, 3.63) is 29.2 Å². The molecular formula is C19H26N6O2. The van der Waals surface area contributed by atoms with Crippen molar-refractivity contribution in [3.8, 4) is 5.95 Å². The second-order valence-corrected chi connectivity index (χ2v) is 7.84. The second-order valence-electron chi connectivity index (χ2n) is 7.84. The Balaban J connectivity index is 1.46. The fourth-order valence-corrected chi connectivity index (χ4v) is 4.06. The van der Waals surface area contributed by atoms with Crippen molar-refractivity contribution in [1.82, 2.24) is 24.6 Å². The van der Waals surface area contributed by atoms with E-state index in [9.17, 15) is 4.79 Å². The van der Waals surface area contributed by atoms with Gasteiger partial charge in [-0.2, -0.15) is 9.78 Å². The van der Waals surface area contributed by atoms with Gasteiger partial charge in [0.1, 0.15) is 5.82 Å². The van der Waals surface area contributed by atoms with Gasteiger partial charge < -0.3 is 10.1 Å². The summed E-state index contributed by atoms with van der Waals surface area (Å²) >= 11 is 0. The van der Waals surface area contributed by atoms with Crippen LogP contribution < -0.4 is 5.32 Å². The number of hydrogen-bond acceptors (Lipinski definition) is 6. The van der Waals surface area contributed by atoms with Crippen LogP contribution in [-0.2, 0) is 9.53 Å². The zero-order chi connectivity index (χ0) is 19.0. The number of nitrogens with one attached hydrogen (secondary N) is 1. The van der Waals surface area contributed by atoms with Crippen molar-refractivity contribution >= 4 is 11.7 Å². The minimum atomic E-state index is -0.0449. The van der Waals surface area contributed by atoms with Crippen LogP contribution in [-0.4, -0.2) is 63.4 Å². The van der Waals surface area contributed by atoms with Gasteiger partial charge in [0.05, 0.1) is 18.8 Å². The van der Waals surface area contributed by atoms with E-state index in [-0.39, 0.29) is 11.3 Å². The summed E-state index contributed by atoms with van der Waals surface area (Å²) < 4.78 is 7.17. The van der Waals surface area contributed by atoms with Crippen LogP contribution >= 0.6 is 0 Å². The summed E-state index contributed by atoms with van der Waals surface area (Å²) in [6, 6.07) is 3.75. The lowest BCUT2D eigenvalue weighted by Crippen LogP contribution is -2.34. The predicted octanol–water partition coefficient (Wildman–Crippen LogP) is 1.64. The van der Waals surface area contributed by atoms with E-state index >= 15 is 0 Å². The lowest BCUT2D eigenvalue weighted by molar-refractivity contribution is -0.117. The van der Waals surface area contributed by atoms with Crippen molar-refractivity contribution in [1.29, 1.82) is 0 Å². The van der Waals surface area contributed by atoms with E-state index in [1.54, 1.807) is 4.68 Å². The van der Waals surface area contributed by atoms with Crippen LogP contribution in [0.2, 0.25) is 0 Å². The first kappa shape index (κ1) is 18.1. The molecule has 0 aromatic carbocycles. The van der Waals surface area contributed by atoms with Crippen LogP contribution in [0.5, 0.6) is 0 Å². The largest absolute Gasteiger partial charge is 0.381 e. The molecule has 2 fully saturated rings. The zero-order valence-electron chi connectivity index (χ0n) is 16.2. The lowest BCUT2D eigenvalue weighted by atomic mass is 9.87. The van der Waals surface area contributed by atoms with Crippen LogP contribution in [0.1, 0.15) is 29.9 Å². The molecule has 0 bridgehead atoms. The quantitative estimate of drug-likeness (QED) is 0.881. The molecule has 144 valence electrons. The highest BCUT2D eigenvalue weighted by atomic mass is 16.5. The molecule has 2 aliphatic heterocycles. The standard InChI is InChI=1S/C19H26N6O2/c1-13-8-14(2)21-18(20-13)25-16(9-15(3)23-25)22-17(26)10-24-6-4-19(11-24)5-7-27-12-19/h8-9H,4-7,10-12H2,1-3H3,(H,22,26). The molecule has 2 saturated heterocycles. The first-order chi connectivity index (χ1) is 12.9. The summed E-state index contributed by atoms with van der Waals surface area (Å²) in [6.07, 6.45) is 2.20. The number of aryl methyl sites for hydroxylation is 3.